The van der Waals surface area contributed by atoms with E-state index in [1.54, 1.807) is 32.4 Å². The Morgan fingerprint density at radius 2 is 1.67 bits per heavy atom. The van der Waals surface area contributed by atoms with Crippen LogP contribution in [-0.4, -0.2) is 70.5 Å². The first-order chi connectivity index (χ1) is 19.1. The Balaban J connectivity index is 1.40. The molecule has 2 aliphatic rings. The van der Waals surface area contributed by atoms with Gasteiger partial charge in [-0.15, -0.1) is 5.10 Å². The van der Waals surface area contributed by atoms with E-state index in [0.717, 1.165) is 49.8 Å². The zero-order chi connectivity index (χ0) is 26.9. The molecule has 3 heterocycles. The molecule has 2 aromatic heterocycles. The lowest BCUT2D eigenvalue weighted by atomic mass is 10.0. The minimum atomic E-state index is -0.433. The van der Waals surface area contributed by atoms with Crippen molar-refractivity contribution in [2.75, 3.05) is 45.3 Å². The normalized spacial score (nSPS) is 17.6. The number of nitrogens with zero attached hydrogens (tertiary/aromatic N) is 6. The summed E-state index contributed by atoms with van der Waals surface area (Å²) >= 11 is 0. The fraction of sp³-hybridized carbons (Fsp3) is 0.429. The molecule has 1 saturated heterocycles. The van der Waals surface area contributed by atoms with Gasteiger partial charge in [0, 0.05) is 48.9 Å². The van der Waals surface area contributed by atoms with Gasteiger partial charge < -0.3 is 19.4 Å². The number of fused-ring (bicyclic) bond motifs is 1. The number of nitrogens with one attached hydrogen (secondary N) is 1. The minimum absolute atomic E-state index is 0.193. The third kappa shape index (κ3) is 4.82. The summed E-state index contributed by atoms with van der Waals surface area (Å²) in [5, 5.41) is 13.8. The molecule has 0 radical (unpaired) electrons. The van der Waals surface area contributed by atoms with Crippen molar-refractivity contribution in [3.05, 3.63) is 70.0 Å². The minimum Gasteiger partial charge on any atom is -0.493 e. The molecule has 1 atom stereocenters. The maximum atomic E-state index is 13.6. The molecule has 1 aliphatic heterocycles. The van der Waals surface area contributed by atoms with Crippen molar-refractivity contribution in [2.24, 2.45) is 0 Å². The van der Waals surface area contributed by atoms with Gasteiger partial charge in [0.25, 0.3) is 5.56 Å². The molecule has 10 nitrogen and oxygen atoms in total. The topological polar surface area (TPSA) is 101 Å². The van der Waals surface area contributed by atoms with E-state index < -0.39 is 6.04 Å². The fourth-order valence-corrected chi connectivity index (χ4v) is 5.93. The first-order valence-electron chi connectivity index (χ1n) is 13.4. The van der Waals surface area contributed by atoms with E-state index in [0.29, 0.717) is 41.5 Å². The lowest BCUT2D eigenvalue weighted by Crippen LogP contribution is -2.49. The summed E-state index contributed by atoms with van der Waals surface area (Å²) in [6.07, 6.45) is 4.33. The van der Waals surface area contributed by atoms with Crippen LogP contribution in [0.15, 0.2) is 47.3 Å². The van der Waals surface area contributed by atoms with Crippen LogP contribution in [0.25, 0.3) is 10.9 Å². The first-order valence-corrected chi connectivity index (χ1v) is 13.4. The van der Waals surface area contributed by atoms with Gasteiger partial charge in [0.15, 0.2) is 17.3 Å². The van der Waals surface area contributed by atoms with Crippen LogP contribution < -0.4 is 19.9 Å². The van der Waals surface area contributed by atoms with Crippen LogP contribution in [0.3, 0.4) is 0 Å². The second-order valence-electron chi connectivity index (χ2n) is 10.2. The molecule has 1 unspecified atom stereocenters. The fourth-order valence-electron chi connectivity index (χ4n) is 5.93. The van der Waals surface area contributed by atoms with Crippen molar-refractivity contribution in [1.82, 2.24) is 30.1 Å². The Bertz CT molecular complexity index is 1510. The van der Waals surface area contributed by atoms with Crippen molar-refractivity contribution in [3.63, 3.8) is 0 Å². The Morgan fingerprint density at radius 1 is 0.974 bits per heavy atom. The van der Waals surface area contributed by atoms with Gasteiger partial charge in [0.05, 0.1) is 25.8 Å². The van der Waals surface area contributed by atoms with Gasteiger partial charge in [-0.1, -0.05) is 12.8 Å². The molecule has 1 N–H and O–H groups in total. The van der Waals surface area contributed by atoms with Crippen molar-refractivity contribution in [1.29, 1.82) is 0 Å². The smallest absolute Gasteiger partial charge is 0.253 e. The molecule has 0 bridgehead atoms. The molecule has 2 aromatic carbocycles. The summed E-state index contributed by atoms with van der Waals surface area (Å²) < 4.78 is 26.4. The molecule has 11 heteroatoms. The van der Waals surface area contributed by atoms with E-state index in [2.05, 4.69) is 30.3 Å². The number of pyridine rings is 1. The lowest BCUT2D eigenvalue weighted by Gasteiger charge is -2.39. The summed E-state index contributed by atoms with van der Waals surface area (Å²) in [5.41, 5.74) is 2.03. The zero-order valence-corrected chi connectivity index (χ0v) is 22.1. The predicted octanol–water partition coefficient (Wildman–Crippen LogP) is 3.70. The molecule has 0 spiro atoms. The van der Waals surface area contributed by atoms with Gasteiger partial charge >= 0.3 is 0 Å². The number of aromatic nitrogens is 5. The number of piperazine rings is 1. The highest BCUT2D eigenvalue weighted by Crippen LogP contribution is 2.36. The number of rotatable bonds is 7. The van der Waals surface area contributed by atoms with E-state index in [9.17, 15) is 9.18 Å². The van der Waals surface area contributed by atoms with Gasteiger partial charge in [-0.3, -0.25) is 9.69 Å². The predicted molar refractivity (Wildman–Crippen MR) is 145 cm³/mol. The van der Waals surface area contributed by atoms with E-state index in [-0.39, 0.29) is 17.4 Å². The van der Waals surface area contributed by atoms with Crippen LogP contribution in [0, 0.1) is 5.82 Å². The van der Waals surface area contributed by atoms with Gasteiger partial charge in [0.2, 0.25) is 0 Å². The molecular formula is C28H32FN7O3. The summed E-state index contributed by atoms with van der Waals surface area (Å²) in [6, 6.07) is 11.9. The molecule has 204 valence electrons. The zero-order valence-electron chi connectivity index (χ0n) is 22.1. The standard InChI is InChI=1S/C28H32FN7O3/c1-38-24-16-18-15-22(28(37)30-23(18)17-25(24)39-2)26(27-31-32-33-36(27)21-5-3-4-6-21)35-13-11-34(12-14-35)20-9-7-19(29)8-10-20/h7-10,15-17,21,26H,3-6,11-14H2,1-2H3,(H,30,37). The molecule has 6 rings (SSSR count). The number of tetrazole rings is 1. The van der Waals surface area contributed by atoms with Crippen molar-refractivity contribution < 1.29 is 13.9 Å². The van der Waals surface area contributed by atoms with E-state index in [4.69, 9.17) is 9.47 Å². The number of aromatic amines is 1. The highest BCUT2D eigenvalue weighted by atomic mass is 19.1. The quantitative estimate of drug-likeness (QED) is 0.384. The number of ether oxygens (including phenoxy) is 2. The Hall–Kier alpha value is -3.99. The molecular weight excluding hydrogens is 501 g/mol. The van der Waals surface area contributed by atoms with Crippen LogP contribution in [0.1, 0.15) is 49.2 Å². The second kappa shape index (κ2) is 10.6. The third-order valence-electron chi connectivity index (χ3n) is 7.98. The highest BCUT2D eigenvalue weighted by molar-refractivity contribution is 5.83. The molecule has 2 fully saturated rings. The summed E-state index contributed by atoms with van der Waals surface area (Å²) in [4.78, 5) is 21.2. The molecule has 39 heavy (non-hydrogen) atoms. The number of methoxy groups -OCH3 is 2. The van der Waals surface area contributed by atoms with E-state index in [1.807, 2.05) is 16.8 Å². The van der Waals surface area contributed by atoms with Gasteiger partial charge in [-0.2, -0.15) is 0 Å². The van der Waals surface area contributed by atoms with Crippen LogP contribution in [0.5, 0.6) is 11.5 Å². The summed E-state index contributed by atoms with van der Waals surface area (Å²) in [7, 11) is 3.16. The molecule has 4 aromatic rings. The SMILES string of the molecule is COc1cc2cc(C(c3nnnn3C3CCCC3)N3CCN(c4ccc(F)cc4)CC3)c(=O)[nH]c2cc1OC. The number of hydrogen-bond donors (Lipinski definition) is 1. The van der Waals surface area contributed by atoms with Crippen molar-refractivity contribution in [3.8, 4) is 11.5 Å². The molecule has 0 amide bonds. The van der Waals surface area contributed by atoms with Crippen LogP contribution in [0.2, 0.25) is 0 Å². The van der Waals surface area contributed by atoms with Gasteiger partial charge in [-0.25, -0.2) is 9.07 Å². The maximum absolute atomic E-state index is 13.6. The van der Waals surface area contributed by atoms with E-state index in [1.165, 1.54) is 12.1 Å². The third-order valence-corrected chi connectivity index (χ3v) is 7.98. The Kier molecular flexibility index (Phi) is 6.90. The van der Waals surface area contributed by atoms with Crippen LogP contribution >= 0.6 is 0 Å². The van der Waals surface area contributed by atoms with Crippen molar-refractivity contribution >= 4 is 16.6 Å². The second-order valence-corrected chi connectivity index (χ2v) is 10.2. The monoisotopic (exact) mass is 533 g/mol. The summed E-state index contributed by atoms with van der Waals surface area (Å²) in [5.74, 6) is 1.57. The Morgan fingerprint density at radius 3 is 2.36 bits per heavy atom. The van der Waals surface area contributed by atoms with Crippen LogP contribution in [0.4, 0.5) is 10.1 Å². The average molecular weight is 534 g/mol. The van der Waals surface area contributed by atoms with Crippen molar-refractivity contribution in [2.45, 2.75) is 37.8 Å². The highest BCUT2D eigenvalue weighted by Gasteiger charge is 2.35. The van der Waals surface area contributed by atoms with Gasteiger partial charge in [-0.05, 0) is 59.7 Å². The summed E-state index contributed by atoms with van der Waals surface area (Å²) in [6.45, 7) is 2.82. The number of hydrogen-bond acceptors (Lipinski definition) is 8. The largest absolute Gasteiger partial charge is 0.493 e. The number of anilines is 1. The van der Waals surface area contributed by atoms with Gasteiger partial charge in [0.1, 0.15) is 11.9 Å². The molecule has 1 aliphatic carbocycles. The number of H-pyrrole nitrogens is 1. The first kappa shape index (κ1) is 25.3. The van der Waals surface area contributed by atoms with Crippen LogP contribution in [-0.2, 0) is 0 Å². The maximum Gasteiger partial charge on any atom is 0.253 e. The number of benzene rings is 2. The molecule has 1 saturated carbocycles. The van der Waals surface area contributed by atoms with E-state index >= 15 is 0 Å². The Labute approximate surface area is 225 Å². The average Bonchev–Trinajstić information content (AvgIpc) is 3.66. The number of halogens is 1. The lowest BCUT2D eigenvalue weighted by molar-refractivity contribution is 0.197.